The fraction of sp³-hybridized carbons (Fsp3) is 0.538. The fourth-order valence-corrected chi connectivity index (χ4v) is 2.14. The molecule has 1 fully saturated rings. The van der Waals surface area contributed by atoms with E-state index in [-0.39, 0.29) is 12.3 Å². The smallest absolute Gasteiger partial charge is 0.225 e. The van der Waals surface area contributed by atoms with Gasteiger partial charge in [0.15, 0.2) is 0 Å². The molecule has 1 aromatic heterocycles. The van der Waals surface area contributed by atoms with Gasteiger partial charge in [0, 0.05) is 25.5 Å². The predicted molar refractivity (Wildman–Crippen MR) is 64.2 cm³/mol. The Balaban J connectivity index is 1.89. The van der Waals surface area contributed by atoms with Crippen LogP contribution in [0.3, 0.4) is 0 Å². The average Bonchev–Trinajstić information content (AvgIpc) is 2.40. The fourth-order valence-electron chi connectivity index (χ4n) is 2.14. The van der Waals surface area contributed by atoms with Gasteiger partial charge in [-0.2, -0.15) is 0 Å². The van der Waals surface area contributed by atoms with Gasteiger partial charge in [-0.15, -0.1) is 0 Å². The Labute approximate surface area is 101 Å². The number of hydrogen-bond acceptors (Lipinski definition) is 3. The molecule has 1 aromatic rings. The lowest BCUT2D eigenvalue weighted by Crippen LogP contribution is -2.36. The summed E-state index contributed by atoms with van der Waals surface area (Å²) in [6.07, 6.45) is 6.08. The minimum absolute atomic E-state index is 0.0500. The highest BCUT2D eigenvalue weighted by Gasteiger charge is 2.20. The number of piperidine rings is 1. The number of carbonyl (C=O) groups excluding carboxylic acids is 1. The summed E-state index contributed by atoms with van der Waals surface area (Å²) in [5, 5.41) is 9.95. The Kier molecular flexibility index (Phi) is 4.09. The molecule has 2 rings (SSSR count). The Morgan fingerprint density at radius 3 is 2.59 bits per heavy atom. The lowest BCUT2D eigenvalue weighted by atomic mass is 10.1. The zero-order valence-electron chi connectivity index (χ0n) is 9.88. The SMILES string of the molecule is O=C(C[C@@H](O)c1ccncc1)N1CCCCC1. The zero-order valence-corrected chi connectivity index (χ0v) is 9.88. The lowest BCUT2D eigenvalue weighted by Gasteiger charge is -2.27. The van der Waals surface area contributed by atoms with Crippen molar-refractivity contribution in [2.75, 3.05) is 13.1 Å². The summed E-state index contributed by atoms with van der Waals surface area (Å²) >= 11 is 0. The summed E-state index contributed by atoms with van der Waals surface area (Å²) in [5.41, 5.74) is 0.755. The summed E-state index contributed by atoms with van der Waals surface area (Å²) in [6.45, 7) is 1.67. The second-order valence-electron chi connectivity index (χ2n) is 4.44. The van der Waals surface area contributed by atoms with Crippen LogP contribution >= 0.6 is 0 Å². The zero-order chi connectivity index (χ0) is 12.1. The molecule has 1 amide bonds. The van der Waals surface area contributed by atoms with E-state index in [1.54, 1.807) is 24.5 Å². The number of aliphatic hydroxyl groups is 1. The quantitative estimate of drug-likeness (QED) is 0.862. The van der Waals surface area contributed by atoms with Gasteiger partial charge in [0.2, 0.25) is 5.91 Å². The van der Waals surface area contributed by atoms with Crippen LogP contribution in [-0.4, -0.2) is 34.0 Å². The normalized spacial score (nSPS) is 17.8. The van der Waals surface area contributed by atoms with Crippen LogP contribution < -0.4 is 0 Å². The average molecular weight is 234 g/mol. The highest BCUT2D eigenvalue weighted by atomic mass is 16.3. The number of pyridine rings is 1. The summed E-state index contributed by atoms with van der Waals surface area (Å²) in [4.78, 5) is 17.7. The van der Waals surface area contributed by atoms with Gasteiger partial charge in [-0.25, -0.2) is 0 Å². The molecule has 0 spiro atoms. The van der Waals surface area contributed by atoms with Crippen LogP contribution in [-0.2, 0) is 4.79 Å². The van der Waals surface area contributed by atoms with Crippen molar-refractivity contribution in [2.45, 2.75) is 31.8 Å². The molecule has 1 atom stereocenters. The molecule has 0 bridgehead atoms. The summed E-state index contributed by atoms with van der Waals surface area (Å²) in [5.74, 6) is 0.0500. The van der Waals surface area contributed by atoms with E-state index in [0.29, 0.717) is 0 Å². The van der Waals surface area contributed by atoms with Crippen molar-refractivity contribution in [3.05, 3.63) is 30.1 Å². The van der Waals surface area contributed by atoms with Gasteiger partial charge in [0.25, 0.3) is 0 Å². The van der Waals surface area contributed by atoms with Crippen LogP contribution in [0.4, 0.5) is 0 Å². The number of aromatic nitrogens is 1. The van der Waals surface area contributed by atoms with E-state index in [9.17, 15) is 9.90 Å². The van der Waals surface area contributed by atoms with E-state index in [1.807, 2.05) is 4.90 Å². The first-order valence-electron chi connectivity index (χ1n) is 6.13. The van der Waals surface area contributed by atoms with Crippen LogP contribution in [0.25, 0.3) is 0 Å². The number of aliphatic hydroxyl groups excluding tert-OH is 1. The number of hydrogen-bond donors (Lipinski definition) is 1. The molecule has 0 aromatic carbocycles. The number of carbonyl (C=O) groups is 1. The van der Waals surface area contributed by atoms with Gasteiger partial charge >= 0.3 is 0 Å². The van der Waals surface area contributed by atoms with E-state index >= 15 is 0 Å². The first-order chi connectivity index (χ1) is 8.27. The molecule has 0 aliphatic carbocycles. The van der Waals surface area contributed by atoms with Crippen molar-refractivity contribution in [2.24, 2.45) is 0 Å². The van der Waals surface area contributed by atoms with Crippen molar-refractivity contribution >= 4 is 5.91 Å². The Bertz CT molecular complexity index is 361. The van der Waals surface area contributed by atoms with Gasteiger partial charge in [0.05, 0.1) is 12.5 Å². The standard InChI is InChI=1S/C13H18N2O2/c16-12(11-4-6-14-7-5-11)10-13(17)15-8-2-1-3-9-15/h4-7,12,16H,1-3,8-10H2/t12-/m1/s1. The molecule has 4 nitrogen and oxygen atoms in total. The van der Waals surface area contributed by atoms with Crippen molar-refractivity contribution in [1.29, 1.82) is 0 Å². The maximum atomic E-state index is 11.9. The summed E-state index contributed by atoms with van der Waals surface area (Å²) in [6, 6.07) is 3.49. The monoisotopic (exact) mass is 234 g/mol. The first-order valence-corrected chi connectivity index (χ1v) is 6.13. The molecule has 17 heavy (non-hydrogen) atoms. The number of nitrogens with zero attached hydrogens (tertiary/aromatic N) is 2. The first kappa shape index (κ1) is 12.0. The lowest BCUT2D eigenvalue weighted by molar-refractivity contribution is -0.134. The van der Waals surface area contributed by atoms with Gasteiger partial charge in [-0.05, 0) is 37.0 Å². The highest BCUT2D eigenvalue weighted by Crippen LogP contribution is 2.18. The Morgan fingerprint density at radius 2 is 1.94 bits per heavy atom. The summed E-state index contributed by atoms with van der Waals surface area (Å²) < 4.78 is 0. The Morgan fingerprint density at radius 1 is 1.29 bits per heavy atom. The third kappa shape index (κ3) is 3.27. The van der Waals surface area contributed by atoms with E-state index < -0.39 is 6.10 Å². The van der Waals surface area contributed by atoms with E-state index in [2.05, 4.69) is 4.98 Å². The number of amides is 1. The molecule has 1 saturated heterocycles. The van der Waals surface area contributed by atoms with Crippen LogP contribution in [0, 0.1) is 0 Å². The van der Waals surface area contributed by atoms with Crippen LogP contribution in [0.2, 0.25) is 0 Å². The van der Waals surface area contributed by atoms with E-state index in [1.165, 1.54) is 6.42 Å². The molecule has 92 valence electrons. The molecule has 0 radical (unpaired) electrons. The van der Waals surface area contributed by atoms with Crippen LogP contribution in [0.15, 0.2) is 24.5 Å². The van der Waals surface area contributed by atoms with Gasteiger partial charge in [-0.3, -0.25) is 9.78 Å². The van der Waals surface area contributed by atoms with Crippen molar-refractivity contribution < 1.29 is 9.90 Å². The summed E-state index contributed by atoms with van der Waals surface area (Å²) in [7, 11) is 0. The van der Waals surface area contributed by atoms with Gasteiger partial charge in [0.1, 0.15) is 0 Å². The maximum absolute atomic E-state index is 11.9. The minimum Gasteiger partial charge on any atom is -0.388 e. The molecular weight excluding hydrogens is 216 g/mol. The van der Waals surface area contributed by atoms with Crippen LogP contribution in [0.1, 0.15) is 37.4 Å². The van der Waals surface area contributed by atoms with Gasteiger partial charge in [-0.1, -0.05) is 0 Å². The van der Waals surface area contributed by atoms with Crippen molar-refractivity contribution in [3.8, 4) is 0 Å². The second-order valence-corrected chi connectivity index (χ2v) is 4.44. The number of likely N-dealkylation sites (tertiary alicyclic amines) is 1. The van der Waals surface area contributed by atoms with Crippen molar-refractivity contribution in [1.82, 2.24) is 9.88 Å². The Hall–Kier alpha value is -1.42. The van der Waals surface area contributed by atoms with E-state index in [4.69, 9.17) is 0 Å². The third-order valence-corrected chi connectivity index (χ3v) is 3.17. The topological polar surface area (TPSA) is 53.4 Å². The molecule has 4 heteroatoms. The largest absolute Gasteiger partial charge is 0.388 e. The minimum atomic E-state index is -0.715. The molecule has 1 aliphatic heterocycles. The van der Waals surface area contributed by atoms with Gasteiger partial charge < -0.3 is 10.0 Å². The van der Waals surface area contributed by atoms with Crippen molar-refractivity contribution in [3.63, 3.8) is 0 Å². The molecule has 0 unspecified atom stereocenters. The third-order valence-electron chi connectivity index (χ3n) is 3.17. The highest BCUT2D eigenvalue weighted by molar-refractivity contribution is 5.77. The predicted octanol–water partition coefficient (Wildman–Crippen LogP) is 1.52. The molecule has 2 heterocycles. The maximum Gasteiger partial charge on any atom is 0.225 e. The van der Waals surface area contributed by atoms with E-state index in [0.717, 1.165) is 31.5 Å². The molecule has 0 saturated carbocycles. The molecule has 1 aliphatic rings. The van der Waals surface area contributed by atoms with Crippen LogP contribution in [0.5, 0.6) is 0 Å². The number of rotatable bonds is 3. The molecular formula is C13H18N2O2. The second kappa shape index (κ2) is 5.77. The molecule has 1 N–H and O–H groups in total.